The Bertz CT molecular complexity index is 520. The molecule has 1 heterocycles. The second kappa shape index (κ2) is 5.01. The van der Waals surface area contributed by atoms with Crippen LogP contribution in [0.5, 0.6) is 0 Å². The summed E-state index contributed by atoms with van der Waals surface area (Å²) in [5.41, 5.74) is 2.21. The molecule has 0 aliphatic carbocycles. The van der Waals surface area contributed by atoms with Crippen molar-refractivity contribution in [1.29, 1.82) is 0 Å². The molecule has 0 fully saturated rings. The first-order valence-corrected chi connectivity index (χ1v) is 5.78. The highest BCUT2D eigenvalue weighted by Gasteiger charge is 2.06. The van der Waals surface area contributed by atoms with Gasteiger partial charge in [-0.1, -0.05) is 33.8 Å². The summed E-state index contributed by atoms with van der Waals surface area (Å²) in [5.74, 6) is 0.490. The van der Waals surface area contributed by atoms with Crippen LogP contribution in [0, 0.1) is 0 Å². The lowest BCUT2D eigenvalue weighted by Crippen LogP contribution is -2.01. The fourth-order valence-electron chi connectivity index (χ4n) is 1.65. The molecule has 88 valence electrons. The molecule has 0 spiro atoms. The van der Waals surface area contributed by atoms with Crippen molar-refractivity contribution in [3.63, 3.8) is 0 Å². The van der Waals surface area contributed by atoms with Gasteiger partial charge < -0.3 is 0 Å². The van der Waals surface area contributed by atoms with E-state index in [0.717, 1.165) is 10.9 Å². The molecule has 0 amide bonds. The zero-order valence-corrected chi connectivity index (χ0v) is 10.7. The molecule has 2 rings (SSSR count). The summed E-state index contributed by atoms with van der Waals surface area (Å²) in [7, 11) is 1.86. The number of aromatic amines is 1. The number of hydrogen-bond donors (Lipinski definition) is 1. The number of aromatic nitrogens is 2. The van der Waals surface area contributed by atoms with Gasteiger partial charge in [-0.15, -0.1) is 0 Å². The monoisotopic (exact) mass is 220 g/mol. The number of fused-ring (bicyclic) bond motifs is 1. The largest absolute Gasteiger partial charge is 0.288 e. The van der Waals surface area contributed by atoms with Gasteiger partial charge in [0, 0.05) is 7.05 Å². The summed E-state index contributed by atoms with van der Waals surface area (Å²) in [6.07, 6.45) is 0. The molecule has 0 aliphatic rings. The minimum absolute atomic E-state index is 0.0159. The Hall–Kier alpha value is -1.51. The highest BCUT2D eigenvalue weighted by Crippen LogP contribution is 2.18. The van der Waals surface area contributed by atoms with E-state index in [1.807, 2.05) is 33.0 Å². The van der Waals surface area contributed by atoms with E-state index in [0.29, 0.717) is 5.92 Å². The zero-order chi connectivity index (χ0) is 12.3. The van der Waals surface area contributed by atoms with Gasteiger partial charge >= 0.3 is 0 Å². The first kappa shape index (κ1) is 12.6. The number of rotatable bonds is 1. The maximum atomic E-state index is 11.4. The van der Waals surface area contributed by atoms with Crippen LogP contribution >= 0.6 is 0 Å². The van der Waals surface area contributed by atoms with Crippen LogP contribution < -0.4 is 5.56 Å². The van der Waals surface area contributed by atoms with Crippen molar-refractivity contribution in [2.75, 3.05) is 0 Å². The molecule has 1 N–H and O–H groups in total. The van der Waals surface area contributed by atoms with E-state index in [9.17, 15) is 4.79 Å². The van der Waals surface area contributed by atoms with Crippen LogP contribution in [-0.2, 0) is 7.05 Å². The van der Waals surface area contributed by atoms with Crippen LogP contribution in [0.3, 0.4) is 0 Å². The second-order valence-corrected chi connectivity index (χ2v) is 3.93. The van der Waals surface area contributed by atoms with Crippen molar-refractivity contribution in [2.24, 2.45) is 7.05 Å². The lowest BCUT2D eigenvalue weighted by Gasteiger charge is -2.04. The van der Waals surface area contributed by atoms with Crippen LogP contribution in [0.4, 0.5) is 0 Å². The highest BCUT2D eigenvalue weighted by atomic mass is 16.1. The maximum absolute atomic E-state index is 11.4. The quantitative estimate of drug-likeness (QED) is 0.788. The molecule has 1 aromatic heterocycles. The average Bonchev–Trinajstić information content (AvgIpc) is 2.57. The summed E-state index contributed by atoms with van der Waals surface area (Å²) >= 11 is 0. The van der Waals surface area contributed by atoms with Crippen LogP contribution in [0.1, 0.15) is 39.2 Å². The number of hydrogen-bond acceptors (Lipinski definition) is 1. The number of benzene rings is 1. The Morgan fingerprint density at radius 2 is 1.88 bits per heavy atom. The molecular formula is C13H20N2O. The van der Waals surface area contributed by atoms with Crippen molar-refractivity contribution in [1.82, 2.24) is 9.78 Å². The van der Waals surface area contributed by atoms with Gasteiger partial charge in [0.05, 0.1) is 10.9 Å². The molecular weight excluding hydrogens is 200 g/mol. The summed E-state index contributed by atoms with van der Waals surface area (Å²) in [4.78, 5) is 11.4. The predicted octanol–water partition coefficient (Wildman–Crippen LogP) is 3.02. The molecule has 3 heteroatoms. The van der Waals surface area contributed by atoms with E-state index < -0.39 is 0 Å². The number of nitrogens with zero attached hydrogens (tertiary/aromatic N) is 1. The van der Waals surface area contributed by atoms with E-state index in [4.69, 9.17) is 0 Å². The van der Waals surface area contributed by atoms with Crippen LogP contribution in [0.2, 0.25) is 0 Å². The van der Waals surface area contributed by atoms with Gasteiger partial charge in [0.25, 0.3) is 5.56 Å². The van der Waals surface area contributed by atoms with Crippen LogP contribution in [0.25, 0.3) is 10.9 Å². The molecule has 0 saturated heterocycles. The van der Waals surface area contributed by atoms with Crippen molar-refractivity contribution < 1.29 is 0 Å². The van der Waals surface area contributed by atoms with Crippen LogP contribution in [-0.4, -0.2) is 9.78 Å². The average molecular weight is 220 g/mol. The van der Waals surface area contributed by atoms with E-state index in [1.54, 1.807) is 4.68 Å². The molecule has 0 unspecified atom stereocenters. The third kappa shape index (κ3) is 2.18. The smallest absolute Gasteiger partial charge is 0.271 e. The van der Waals surface area contributed by atoms with Crippen molar-refractivity contribution >= 4 is 10.9 Å². The highest BCUT2D eigenvalue weighted by molar-refractivity contribution is 5.79. The summed E-state index contributed by atoms with van der Waals surface area (Å²) in [6, 6.07) is 5.98. The maximum Gasteiger partial charge on any atom is 0.271 e. The van der Waals surface area contributed by atoms with E-state index in [2.05, 4.69) is 25.0 Å². The van der Waals surface area contributed by atoms with Crippen molar-refractivity contribution in [3.8, 4) is 0 Å². The summed E-state index contributed by atoms with van der Waals surface area (Å²) < 4.78 is 1.77. The Morgan fingerprint density at radius 1 is 1.25 bits per heavy atom. The van der Waals surface area contributed by atoms with Crippen molar-refractivity contribution in [2.45, 2.75) is 33.6 Å². The minimum atomic E-state index is -0.0159. The first-order valence-electron chi connectivity index (χ1n) is 5.78. The Kier molecular flexibility index (Phi) is 3.93. The minimum Gasteiger partial charge on any atom is -0.288 e. The molecule has 0 bridgehead atoms. The molecule has 0 radical (unpaired) electrons. The van der Waals surface area contributed by atoms with Gasteiger partial charge in [0.2, 0.25) is 0 Å². The van der Waals surface area contributed by atoms with Gasteiger partial charge in [-0.2, -0.15) is 0 Å². The van der Waals surface area contributed by atoms with E-state index in [-0.39, 0.29) is 5.56 Å². The van der Waals surface area contributed by atoms with Gasteiger partial charge in [0.1, 0.15) is 0 Å². The Morgan fingerprint density at radius 3 is 2.44 bits per heavy atom. The zero-order valence-electron chi connectivity index (χ0n) is 10.7. The second-order valence-electron chi connectivity index (χ2n) is 3.93. The summed E-state index contributed by atoms with van der Waals surface area (Å²) in [5, 5.41) is 3.50. The Balaban J connectivity index is 0.000000606. The number of H-pyrrole nitrogens is 1. The van der Waals surface area contributed by atoms with E-state index in [1.165, 1.54) is 5.56 Å². The molecule has 16 heavy (non-hydrogen) atoms. The molecule has 0 saturated carbocycles. The normalized spacial score (nSPS) is 10.4. The fourth-order valence-corrected chi connectivity index (χ4v) is 1.65. The predicted molar refractivity (Wildman–Crippen MR) is 69.0 cm³/mol. The van der Waals surface area contributed by atoms with Gasteiger partial charge in [-0.25, -0.2) is 0 Å². The topological polar surface area (TPSA) is 37.8 Å². The Labute approximate surface area is 96.1 Å². The van der Waals surface area contributed by atoms with Crippen LogP contribution in [0.15, 0.2) is 23.0 Å². The third-order valence-electron chi connectivity index (χ3n) is 2.56. The van der Waals surface area contributed by atoms with Crippen molar-refractivity contribution in [3.05, 3.63) is 34.1 Å². The lowest BCUT2D eigenvalue weighted by atomic mass is 10.0. The lowest BCUT2D eigenvalue weighted by molar-refractivity contribution is 0.781. The molecule has 1 aromatic carbocycles. The SMILES string of the molecule is CC.CC(C)c1ccc2c(=O)[nH]n(C)c2c1. The van der Waals surface area contributed by atoms with Gasteiger partial charge in [-0.05, 0) is 23.6 Å². The summed E-state index contributed by atoms with van der Waals surface area (Å²) in [6.45, 7) is 8.29. The molecule has 0 atom stereocenters. The molecule has 2 aromatic rings. The number of aryl methyl sites for hydroxylation is 1. The molecule has 3 nitrogen and oxygen atoms in total. The standard InChI is InChI=1S/C11H14N2O.C2H6/c1-7(2)8-4-5-9-10(6-8)13(3)12-11(9)14;1-2/h4-7H,1-3H3,(H,12,14);1-2H3. The number of nitrogens with one attached hydrogen (secondary N) is 1. The van der Waals surface area contributed by atoms with Gasteiger partial charge in [-0.3, -0.25) is 14.6 Å². The van der Waals surface area contributed by atoms with Gasteiger partial charge in [0.15, 0.2) is 0 Å². The molecule has 0 aliphatic heterocycles. The third-order valence-corrected chi connectivity index (χ3v) is 2.56. The fraction of sp³-hybridized carbons (Fsp3) is 0.462. The first-order chi connectivity index (χ1) is 7.59. The van der Waals surface area contributed by atoms with E-state index >= 15 is 0 Å².